The lowest BCUT2D eigenvalue weighted by Gasteiger charge is -2.16. The Hall–Kier alpha value is -1.39. The lowest BCUT2D eigenvalue weighted by molar-refractivity contribution is -0.122. The third-order valence-electron chi connectivity index (χ3n) is 3.27. The van der Waals surface area contributed by atoms with Crippen LogP contribution < -0.4 is 11.1 Å². The van der Waals surface area contributed by atoms with Gasteiger partial charge < -0.3 is 15.8 Å². The van der Waals surface area contributed by atoms with Crippen molar-refractivity contribution in [3.05, 3.63) is 29.8 Å². The minimum atomic E-state index is -0.127. The second-order valence-corrected chi connectivity index (χ2v) is 4.86. The molecular formula is C14H20N2O2. The molecule has 2 unspecified atom stereocenters. The van der Waals surface area contributed by atoms with E-state index in [0.29, 0.717) is 0 Å². The number of ether oxygens (including phenoxy) is 1. The van der Waals surface area contributed by atoms with Crippen molar-refractivity contribution in [1.82, 2.24) is 0 Å². The summed E-state index contributed by atoms with van der Waals surface area (Å²) in [5.74, 6) is -0.127. The van der Waals surface area contributed by atoms with Gasteiger partial charge in [0.15, 0.2) is 0 Å². The van der Waals surface area contributed by atoms with E-state index in [1.807, 2.05) is 31.2 Å². The SMILES string of the molecule is Cc1ccc(NC(=O)COC2CCCC2N)cc1. The van der Waals surface area contributed by atoms with Gasteiger partial charge in [-0.1, -0.05) is 17.7 Å². The average Bonchev–Trinajstić information content (AvgIpc) is 2.75. The predicted octanol–water partition coefficient (Wildman–Crippen LogP) is 1.83. The molecule has 4 nitrogen and oxygen atoms in total. The molecule has 0 radical (unpaired) electrons. The molecule has 18 heavy (non-hydrogen) atoms. The molecule has 0 bridgehead atoms. The molecule has 1 aliphatic carbocycles. The van der Waals surface area contributed by atoms with Crippen molar-refractivity contribution in [3.63, 3.8) is 0 Å². The van der Waals surface area contributed by atoms with E-state index in [-0.39, 0.29) is 24.7 Å². The largest absolute Gasteiger partial charge is 0.367 e. The number of hydrogen-bond donors (Lipinski definition) is 2. The number of carbonyl (C=O) groups excluding carboxylic acids is 1. The molecule has 98 valence electrons. The summed E-state index contributed by atoms with van der Waals surface area (Å²) >= 11 is 0. The maximum Gasteiger partial charge on any atom is 0.250 e. The number of anilines is 1. The van der Waals surface area contributed by atoms with Crippen LogP contribution in [0, 0.1) is 6.92 Å². The first kappa shape index (κ1) is 13.1. The molecule has 3 N–H and O–H groups in total. The predicted molar refractivity (Wildman–Crippen MR) is 71.4 cm³/mol. The highest BCUT2D eigenvalue weighted by atomic mass is 16.5. The van der Waals surface area contributed by atoms with E-state index >= 15 is 0 Å². The molecule has 1 saturated carbocycles. The van der Waals surface area contributed by atoms with E-state index in [0.717, 1.165) is 24.9 Å². The normalized spacial score (nSPS) is 23.0. The van der Waals surface area contributed by atoms with Gasteiger partial charge in [-0.05, 0) is 38.3 Å². The van der Waals surface area contributed by atoms with Crippen LogP contribution in [-0.4, -0.2) is 24.7 Å². The van der Waals surface area contributed by atoms with E-state index in [1.54, 1.807) is 0 Å². The number of nitrogens with two attached hydrogens (primary N) is 1. The summed E-state index contributed by atoms with van der Waals surface area (Å²) < 4.78 is 5.54. The Morgan fingerprint density at radius 3 is 2.72 bits per heavy atom. The van der Waals surface area contributed by atoms with Gasteiger partial charge in [-0.15, -0.1) is 0 Å². The second-order valence-electron chi connectivity index (χ2n) is 4.86. The van der Waals surface area contributed by atoms with Gasteiger partial charge >= 0.3 is 0 Å². The van der Waals surface area contributed by atoms with Gasteiger partial charge in [0.05, 0.1) is 6.10 Å². The van der Waals surface area contributed by atoms with Crippen molar-refractivity contribution in [2.75, 3.05) is 11.9 Å². The van der Waals surface area contributed by atoms with Crippen LogP contribution in [0.15, 0.2) is 24.3 Å². The van der Waals surface area contributed by atoms with Gasteiger partial charge in [0.2, 0.25) is 5.91 Å². The fourth-order valence-corrected chi connectivity index (χ4v) is 2.18. The van der Waals surface area contributed by atoms with E-state index in [4.69, 9.17) is 10.5 Å². The Labute approximate surface area is 108 Å². The molecule has 1 amide bonds. The molecule has 2 atom stereocenters. The van der Waals surface area contributed by atoms with Crippen molar-refractivity contribution < 1.29 is 9.53 Å². The van der Waals surface area contributed by atoms with E-state index in [1.165, 1.54) is 5.56 Å². The minimum Gasteiger partial charge on any atom is -0.367 e. The highest BCUT2D eigenvalue weighted by Gasteiger charge is 2.25. The third kappa shape index (κ3) is 3.55. The van der Waals surface area contributed by atoms with Crippen LogP contribution >= 0.6 is 0 Å². The molecule has 1 aromatic carbocycles. The molecule has 0 aromatic heterocycles. The zero-order valence-electron chi connectivity index (χ0n) is 10.7. The number of benzene rings is 1. The first-order valence-corrected chi connectivity index (χ1v) is 6.39. The van der Waals surface area contributed by atoms with Gasteiger partial charge in [0, 0.05) is 11.7 Å². The van der Waals surface area contributed by atoms with Crippen LogP contribution in [0.3, 0.4) is 0 Å². The van der Waals surface area contributed by atoms with Gasteiger partial charge in [-0.3, -0.25) is 4.79 Å². The summed E-state index contributed by atoms with van der Waals surface area (Å²) in [5.41, 5.74) is 7.84. The lowest BCUT2D eigenvalue weighted by atomic mass is 10.2. The van der Waals surface area contributed by atoms with Crippen molar-refractivity contribution in [1.29, 1.82) is 0 Å². The van der Waals surface area contributed by atoms with Gasteiger partial charge in [0.25, 0.3) is 0 Å². The molecule has 2 rings (SSSR count). The van der Waals surface area contributed by atoms with Crippen molar-refractivity contribution in [3.8, 4) is 0 Å². The first-order valence-electron chi connectivity index (χ1n) is 6.39. The molecule has 0 aliphatic heterocycles. The van der Waals surface area contributed by atoms with Crippen molar-refractivity contribution in [2.24, 2.45) is 5.73 Å². The van der Waals surface area contributed by atoms with E-state index < -0.39 is 0 Å². The first-order chi connectivity index (χ1) is 8.65. The van der Waals surface area contributed by atoms with Crippen LogP contribution in [0.4, 0.5) is 5.69 Å². The van der Waals surface area contributed by atoms with Crippen LogP contribution in [-0.2, 0) is 9.53 Å². The van der Waals surface area contributed by atoms with Crippen LogP contribution in [0.1, 0.15) is 24.8 Å². The van der Waals surface area contributed by atoms with E-state index in [9.17, 15) is 4.79 Å². The summed E-state index contributed by atoms with van der Waals surface area (Å²) in [4.78, 5) is 11.7. The molecule has 1 aromatic rings. The van der Waals surface area contributed by atoms with Crippen molar-refractivity contribution in [2.45, 2.75) is 38.3 Å². The zero-order valence-corrected chi connectivity index (χ0v) is 10.7. The smallest absolute Gasteiger partial charge is 0.250 e. The Morgan fingerprint density at radius 2 is 2.11 bits per heavy atom. The molecular weight excluding hydrogens is 228 g/mol. The van der Waals surface area contributed by atoms with Gasteiger partial charge in [-0.25, -0.2) is 0 Å². The molecule has 0 heterocycles. The molecule has 1 aliphatic rings. The number of nitrogens with one attached hydrogen (secondary N) is 1. The topological polar surface area (TPSA) is 64.3 Å². The number of amides is 1. The Kier molecular flexibility index (Phi) is 4.33. The summed E-state index contributed by atoms with van der Waals surface area (Å²) in [6.45, 7) is 2.09. The maximum absolute atomic E-state index is 11.7. The Bertz CT molecular complexity index is 403. The fourth-order valence-electron chi connectivity index (χ4n) is 2.18. The second kappa shape index (κ2) is 5.98. The van der Waals surface area contributed by atoms with Crippen LogP contribution in [0.25, 0.3) is 0 Å². The minimum absolute atomic E-state index is 0.0359. The molecule has 1 fully saturated rings. The lowest BCUT2D eigenvalue weighted by Crippen LogP contribution is -2.33. The van der Waals surface area contributed by atoms with E-state index in [2.05, 4.69) is 5.32 Å². The number of rotatable bonds is 4. The van der Waals surface area contributed by atoms with Gasteiger partial charge in [0.1, 0.15) is 6.61 Å². The number of carbonyl (C=O) groups is 1. The zero-order chi connectivity index (χ0) is 13.0. The summed E-state index contributed by atoms with van der Waals surface area (Å²) in [6.07, 6.45) is 3.07. The average molecular weight is 248 g/mol. The monoisotopic (exact) mass is 248 g/mol. The van der Waals surface area contributed by atoms with Crippen molar-refractivity contribution >= 4 is 11.6 Å². The fraction of sp³-hybridized carbons (Fsp3) is 0.500. The maximum atomic E-state index is 11.7. The Morgan fingerprint density at radius 1 is 1.39 bits per heavy atom. The summed E-state index contributed by atoms with van der Waals surface area (Å²) in [6, 6.07) is 7.77. The standard InChI is InChI=1S/C14H20N2O2/c1-10-5-7-11(8-6-10)16-14(17)9-18-13-4-2-3-12(13)15/h5-8,12-13H,2-4,9,15H2,1H3,(H,16,17). The molecule has 0 saturated heterocycles. The molecule has 0 spiro atoms. The summed E-state index contributed by atoms with van der Waals surface area (Å²) in [7, 11) is 0. The third-order valence-corrected chi connectivity index (χ3v) is 3.27. The Balaban J connectivity index is 1.76. The van der Waals surface area contributed by atoms with Gasteiger partial charge in [-0.2, -0.15) is 0 Å². The quantitative estimate of drug-likeness (QED) is 0.854. The van der Waals surface area contributed by atoms with Crippen LogP contribution in [0.5, 0.6) is 0 Å². The highest BCUT2D eigenvalue weighted by Crippen LogP contribution is 2.20. The number of hydrogen-bond acceptors (Lipinski definition) is 3. The summed E-state index contributed by atoms with van der Waals surface area (Å²) in [5, 5.41) is 2.80. The highest BCUT2D eigenvalue weighted by molar-refractivity contribution is 5.91. The van der Waals surface area contributed by atoms with Crippen LogP contribution in [0.2, 0.25) is 0 Å². The number of aryl methyl sites for hydroxylation is 1. The molecule has 4 heteroatoms.